The van der Waals surface area contributed by atoms with E-state index in [0.717, 1.165) is 0 Å². The van der Waals surface area contributed by atoms with Gasteiger partial charge in [0.05, 0.1) is 32.1 Å². The van der Waals surface area contributed by atoms with E-state index in [-0.39, 0.29) is 11.8 Å². The standard InChI is InChI=1S/C18H22N2O6/c1-19-17(22)15-14(18(23)24)10-5-7-13(21)20(10)16(15)9-4-6-11(25-2)12(8-9)26-3/h4,6,8,10,14-16H,5,7H2,1-3H3,(H,19,22)(H,23,24)/t10-,14+,15-,16+/m0/s1. The minimum Gasteiger partial charge on any atom is -0.493 e. The first-order valence-electron chi connectivity index (χ1n) is 8.42. The Hall–Kier alpha value is -2.77. The van der Waals surface area contributed by atoms with Gasteiger partial charge in [0.2, 0.25) is 11.8 Å². The van der Waals surface area contributed by atoms with Gasteiger partial charge >= 0.3 is 5.97 Å². The van der Waals surface area contributed by atoms with Crippen LogP contribution in [0.15, 0.2) is 18.2 Å². The topological polar surface area (TPSA) is 105 Å². The van der Waals surface area contributed by atoms with E-state index < -0.39 is 29.9 Å². The van der Waals surface area contributed by atoms with Gasteiger partial charge < -0.3 is 24.8 Å². The van der Waals surface area contributed by atoms with Crippen molar-refractivity contribution in [1.82, 2.24) is 10.2 Å². The molecule has 8 nitrogen and oxygen atoms in total. The molecule has 0 bridgehead atoms. The number of rotatable bonds is 5. The van der Waals surface area contributed by atoms with E-state index in [2.05, 4.69) is 5.32 Å². The third-order valence-electron chi connectivity index (χ3n) is 5.32. The van der Waals surface area contributed by atoms with E-state index in [0.29, 0.717) is 29.9 Å². The van der Waals surface area contributed by atoms with E-state index in [1.54, 1.807) is 23.1 Å². The Morgan fingerprint density at radius 1 is 1.19 bits per heavy atom. The molecular weight excluding hydrogens is 340 g/mol. The number of hydrogen-bond donors (Lipinski definition) is 2. The Morgan fingerprint density at radius 3 is 2.46 bits per heavy atom. The van der Waals surface area contributed by atoms with Crippen LogP contribution in [0.4, 0.5) is 0 Å². The number of aliphatic carboxylic acids is 1. The molecule has 0 spiro atoms. The summed E-state index contributed by atoms with van der Waals surface area (Å²) in [4.78, 5) is 38.5. The molecule has 3 rings (SSSR count). The van der Waals surface area contributed by atoms with Gasteiger partial charge in [-0.1, -0.05) is 6.07 Å². The third-order valence-corrected chi connectivity index (χ3v) is 5.32. The SMILES string of the molecule is CNC(=O)[C@H]1[C@H](C(=O)O)[C@@H]2CCC(=O)N2[C@@H]1c1ccc(OC)c(OC)c1. The molecule has 0 saturated carbocycles. The zero-order chi connectivity index (χ0) is 19.0. The van der Waals surface area contributed by atoms with Crippen LogP contribution in [0, 0.1) is 11.8 Å². The van der Waals surface area contributed by atoms with Crippen LogP contribution in [0.2, 0.25) is 0 Å². The van der Waals surface area contributed by atoms with Crippen LogP contribution >= 0.6 is 0 Å². The Balaban J connectivity index is 2.13. The number of nitrogens with one attached hydrogen (secondary N) is 1. The van der Waals surface area contributed by atoms with Gasteiger partial charge in [-0.2, -0.15) is 0 Å². The molecule has 0 aliphatic carbocycles. The monoisotopic (exact) mass is 362 g/mol. The first-order valence-corrected chi connectivity index (χ1v) is 8.42. The summed E-state index contributed by atoms with van der Waals surface area (Å²) in [6.07, 6.45) is 0.728. The van der Waals surface area contributed by atoms with Gasteiger partial charge in [-0.05, 0) is 24.1 Å². The van der Waals surface area contributed by atoms with Crippen LogP contribution in [0.5, 0.6) is 11.5 Å². The van der Waals surface area contributed by atoms with Crippen LogP contribution in [0.25, 0.3) is 0 Å². The van der Waals surface area contributed by atoms with Crippen molar-refractivity contribution in [1.29, 1.82) is 0 Å². The molecule has 1 aromatic carbocycles. The fourth-order valence-electron chi connectivity index (χ4n) is 4.24. The highest BCUT2D eigenvalue weighted by atomic mass is 16.5. The molecular formula is C18H22N2O6. The minimum atomic E-state index is -1.06. The molecule has 2 amide bonds. The van der Waals surface area contributed by atoms with Gasteiger partial charge in [-0.15, -0.1) is 0 Å². The number of carboxylic acids is 1. The summed E-state index contributed by atoms with van der Waals surface area (Å²) in [6, 6.07) is 4.00. The third kappa shape index (κ3) is 2.65. The van der Waals surface area contributed by atoms with Gasteiger partial charge in [0.15, 0.2) is 11.5 Å². The molecule has 0 unspecified atom stereocenters. The lowest BCUT2D eigenvalue weighted by Gasteiger charge is -2.27. The number of nitrogens with zero attached hydrogens (tertiary/aromatic N) is 1. The number of carbonyl (C=O) groups excluding carboxylic acids is 2. The zero-order valence-corrected chi connectivity index (χ0v) is 14.9. The Bertz CT molecular complexity index is 749. The lowest BCUT2D eigenvalue weighted by Crippen LogP contribution is -2.38. The smallest absolute Gasteiger partial charge is 0.309 e. The van der Waals surface area contributed by atoms with Gasteiger partial charge in [0.25, 0.3) is 0 Å². The second-order valence-corrected chi connectivity index (χ2v) is 6.47. The first-order chi connectivity index (χ1) is 12.4. The Morgan fingerprint density at radius 2 is 1.88 bits per heavy atom. The molecule has 2 aliphatic rings. The molecule has 2 aliphatic heterocycles. The van der Waals surface area contributed by atoms with E-state index in [9.17, 15) is 19.5 Å². The largest absolute Gasteiger partial charge is 0.493 e. The second kappa shape index (κ2) is 6.86. The van der Waals surface area contributed by atoms with Crippen molar-refractivity contribution in [2.75, 3.05) is 21.3 Å². The summed E-state index contributed by atoms with van der Waals surface area (Å²) in [6.45, 7) is 0. The lowest BCUT2D eigenvalue weighted by molar-refractivity contribution is -0.146. The van der Waals surface area contributed by atoms with Gasteiger partial charge in [-0.25, -0.2) is 0 Å². The fourth-order valence-corrected chi connectivity index (χ4v) is 4.24. The molecule has 2 heterocycles. The van der Waals surface area contributed by atoms with E-state index >= 15 is 0 Å². The highest BCUT2D eigenvalue weighted by molar-refractivity contribution is 5.90. The summed E-state index contributed by atoms with van der Waals surface area (Å²) < 4.78 is 10.6. The predicted molar refractivity (Wildman–Crippen MR) is 90.8 cm³/mol. The van der Waals surface area contributed by atoms with Crippen molar-refractivity contribution < 1.29 is 29.0 Å². The number of carbonyl (C=O) groups is 3. The van der Waals surface area contributed by atoms with Crippen LogP contribution in [-0.4, -0.2) is 55.1 Å². The van der Waals surface area contributed by atoms with Gasteiger partial charge in [0.1, 0.15) is 0 Å². The van der Waals surface area contributed by atoms with Crippen LogP contribution in [0.1, 0.15) is 24.4 Å². The van der Waals surface area contributed by atoms with Crippen molar-refractivity contribution in [3.05, 3.63) is 23.8 Å². The van der Waals surface area contributed by atoms with Crippen molar-refractivity contribution in [3.63, 3.8) is 0 Å². The van der Waals surface area contributed by atoms with Gasteiger partial charge in [0, 0.05) is 19.5 Å². The Kier molecular flexibility index (Phi) is 4.76. The Labute approximate surface area is 151 Å². The quantitative estimate of drug-likeness (QED) is 0.803. The van der Waals surface area contributed by atoms with Gasteiger partial charge in [-0.3, -0.25) is 14.4 Å². The highest BCUT2D eigenvalue weighted by Crippen LogP contribution is 2.50. The molecule has 2 N–H and O–H groups in total. The number of fused-ring (bicyclic) bond motifs is 1. The predicted octanol–water partition coefficient (Wildman–Crippen LogP) is 0.813. The molecule has 2 fully saturated rings. The molecule has 0 aromatic heterocycles. The highest BCUT2D eigenvalue weighted by Gasteiger charge is 2.59. The van der Waals surface area contributed by atoms with Crippen LogP contribution < -0.4 is 14.8 Å². The molecule has 8 heteroatoms. The lowest BCUT2D eigenvalue weighted by atomic mass is 9.82. The maximum absolute atomic E-state index is 12.6. The summed E-state index contributed by atoms with van der Waals surface area (Å²) >= 11 is 0. The number of amides is 2. The average Bonchev–Trinajstić information content (AvgIpc) is 3.18. The maximum Gasteiger partial charge on any atom is 0.309 e. The van der Waals surface area contributed by atoms with Crippen molar-refractivity contribution >= 4 is 17.8 Å². The number of hydrogen-bond acceptors (Lipinski definition) is 5. The van der Waals surface area contributed by atoms with Crippen molar-refractivity contribution in [3.8, 4) is 11.5 Å². The number of ether oxygens (including phenoxy) is 2. The number of benzene rings is 1. The number of methoxy groups -OCH3 is 2. The van der Waals surface area contributed by atoms with Crippen molar-refractivity contribution in [2.24, 2.45) is 11.8 Å². The maximum atomic E-state index is 12.6. The van der Waals surface area contributed by atoms with E-state index in [4.69, 9.17) is 9.47 Å². The fraction of sp³-hybridized carbons (Fsp3) is 0.500. The summed E-state index contributed by atoms with van der Waals surface area (Å²) in [5.74, 6) is -2.42. The summed E-state index contributed by atoms with van der Waals surface area (Å²) in [5.41, 5.74) is 0.653. The molecule has 26 heavy (non-hydrogen) atoms. The summed E-state index contributed by atoms with van der Waals surface area (Å²) in [5, 5.41) is 12.3. The molecule has 140 valence electrons. The molecule has 2 saturated heterocycles. The van der Waals surface area contributed by atoms with Crippen molar-refractivity contribution in [2.45, 2.75) is 24.9 Å². The molecule has 0 radical (unpaired) electrons. The normalized spacial score (nSPS) is 27.2. The average molecular weight is 362 g/mol. The van der Waals surface area contributed by atoms with Crippen LogP contribution in [-0.2, 0) is 14.4 Å². The summed E-state index contributed by atoms with van der Waals surface area (Å²) in [7, 11) is 4.48. The number of carboxylic acid groups (broad SMARTS) is 1. The molecule has 4 atom stereocenters. The second-order valence-electron chi connectivity index (χ2n) is 6.47. The van der Waals surface area contributed by atoms with Crippen LogP contribution in [0.3, 0.4) is 0 Å². The van der Waals surface area contributed by atoms with E-state index in [1.807, 2.05) is 0 Å². The minimum absolute atomic E-state index is 0.132. The zero-order valence-electron chi connectivity index (χ0n) is 14.9. The molecule has 1 aromatic rings. The first kappa shape index (κ1) is 18.0. The van der Waals surface area contributed by atoms with E-state index in [1.165, 1.54) is 21.3 Å².